The summed E-state index contributed by atoms with van der Waals surface area (Å²) in [6, 6.07) is 4.42. The highest BCUT2D eigenvalue weighted by Crippen LogP contribution is 2.31. The maximum absolute atomic E-state index is 12.0. The number of nitro groups is 1. The quantitative estimate of drug-likeness (QED) is 0.654. The minimum absolute atomic E-state index is 0.0567. The second-order valence-electron chi connectivity index (χ2n) is 4.73. The third kappa shape index (κ3) is 2.47. The molecule has 1 aromatic carbocycles. The molecule has 0 aliphatic carbocycles. The molecule has 106 valence electrons. The smallest absolute Gasteiger partial charge is 0.271 e. The number of non-ortho nitro benzene ring substituents is 1. The molecule has 2 N–H and O–H groups in total. The van der Waals surface area contributed by atoms with Crippen LogP contribution in [0.3, 0.4) is 0 Å². The van der Waals surface area contributed by atoms with E-state index in [0.717, 1.165) is 5.56 Å². The van der Waals surface area contributed by atoms with Gasteiger partial charge in [-0.3, -0.25) is 19.7 Å². The molecule has 1 aliphatic heterocycles. The zero-order chi connectivity index (χ0) is 14.9. The lowest BCUT2D eigenvalue weighted by Gasteiger charge is -2.19. The molecule has 0 bridgehead atoms. The highest BCUT2D eigenvalue weighted by molar-refractivity contribution is 6.00. The van der Waals surface area contributed by atoms with Gasteiger partial charge in [0.15, 0.2) is 0 Å². The molecule has 0 spiro atoms. The van der Waals surface area contributed by atoms with Crippen LogP contribution in [0.1, 0.15) is 18.9 Å². The van der Waals surface area contributed by atoms with Gasteiger partial charge in [0.25, 0.3) is 5.69 Å². The number of hydrogen-bond acceptors (Lipinski definition) is 4. The fourth-order valence-electron chi connectivity index (χ4n) is 2.35. The molecular formula is C13H15N3O4. The third-order valence-electron chi connectivity index (χ3n) is 3.48. The number of nitrogens with two attached hydrogens (primary N) is 1. The van der Waals surface area contributed by atoms with Gasteiger partial charge in [-0.1, -0.05) is 13.0 Å². The molecule has 0 radical (unpaired) electrons. The van der Waals surface area contributed by atoms with Crippen LogP contribution in [0.25, 0.3) is 0 Å². The Morgan fingerprint density at radius 1 is 1.55 bits per heavy atom. The van der Waals surface area contributed by atoms with Gasteiger partial charge < -0.3 is 10.6 Å². The van der Waals surface area contributed by atoms with Crippen LogP contribution < -0.4 is 10.6 Å². The van der Waals surface area contributed by atoms with Crippen LogP contribution in [0.2, 0.25) is 0 Å². The molecule has 1 fully saturated rings. The average molecular weight is 277 g/mol. The summed E-state index contributed by atoms with van der Waals surface area (Å²) in [6.07, 6.45) is 0.694. The van der Waals surface area contributed by atoms with Gasteiger partial charge in [0.1, 0.15) is 0 Å². The van der Waals surface area contributed by atoms with Crippen LogP contribution in [0, 0.1) is 16.0 Å². The maximum Gasteiger partial charge on any atom is 0.271 e. The summed E-state index contributed by atoms with van der Waals surface area (Å²) in [7, 11) is 0. The number of primary amides is 1. The Labute approximate surface area is 115 Å². The lowest BCUT2D eigenvalue weighted by atomic mass is 10.1. The molecule has 1 saturated heterocycles. The van der Waals surface area contributed by atoms with E-state index in [9.17, 15) is 19.7 Å². The van der Waals surface area contributed by atoms with Gasteiger partial charge in [0.2, 0.25) is 11.8 Å². The predicted octanol–water partition coefficient (Wildman–Crippen LogP) is 0.995. The summed E-state index contributed by atoms with van der Waals surface area (Å²) in [5.41, 5.74) is 6.47. The molecule has 1 aliphatic rings. The molecule has 0 saturated carbocycles. The van der Waals surface area contributed by atoms with E-state index in [1.165, 1.54) is 17.0 Å². The van der Waals surface area contributed by atoms with E-state index in [0.29, 0.717) is 12.1 Å². The van der Waals surface area contributed by atoms with Crippen LogP contribution in [-0.2, 0) is 16.0 Å². The van der Waals surface area contributed by atoms with Crippen LogP contribution in [0.5, 0.6) is 0 Å². The summed E-state index contributed by atoms with van der Waals surface area (Å²) in [5, 5.41) is 10.8. The number of aryl methyl sites for hydroxylation is 1. The van der Waals surface area contributed by atoms with Crippen molar-refractivity contribution in [2.75, 3.05) is 11.4 Å². The molecule has 1 atom stereocenters. The summed E-state index contributed by atoms with van der Waals surface area (Å²) >= 11 is 0. The van der Waals surface area contributed by atoms with Crippen LogP contribution in [0.4, 0.5) is 11.4 Å². The van der Waals surface area contributed by atoms with Crippen LogP contribution in [0.15, 0.2) is 18.2 Å². The summed E-state index contributed by atoms with van der Waals surface area (Å²) < 4.78 is 0. The summed E-state index contributed by atoms with van der Waals surface area (Å²) in [4.78, 5) is 34.9. The summed E-state index contributed by atoms with van der Waals surface area (Å²) in [5.74, 6) is -1.29. The molecule has 1 unspecified atom stereocenters. The molecule has 1 heterocycles. The molecule has 2 amide bonds. The molecule has 20 heavy (non-hydrogen) atoms. The lowest BCUT2D eigenvalue weighted by molar-refractivity contribution is -0.384. The van der Waals surface area contributed by atoms with Gasteiger partial charge in [-0.2, -0.15) is 0 Å². The largest absolute Gasteiger partial charge is 0.369 e. The van der Waals surface area contributed by atoms with Gasteiger partial charge in [0.05, 0.1) is 16.5 Å². The number of nitrogens with zero attached hydrogens (tertiary/aromatic N) is 2. The monoisotopic (exact) mass is 277 g/mol. The van der Waals surface area contributed by atoms with E-state index in [1.54, 1.807) is 6.07 Å². The van der Waals surface area contributed by atoms with E-state index in [2.05, 4.69) is 0 Å². The predicted molar refractivity (Wildman–Crippen MR) is 72.1 cm³/mol. The van der Waals surface area contributed by atoms with Crippen molar-refractivity contribution in [2.45, 2.75) is 19.8 Å². The van der Waals surface area contributed by atoms with Gasteiger partial charge in [-0.15, -0.1) is 0 Å². The molecular weight excluding hydrogens is 262 g/mol. The van der Waals surface area contributed by atoms with Crippen molar-refractivity contribution in [3.8, 4) is 0 Å². The van der Waals surface area contributed by atoms with E-state index in [-0.39, 0.29) is 24.6 Å². The number of nitro benzene ring substituents is 1. The first-order chi connectivity index (χ1) is 9.43. The van der Waals surface area contributed by atoms with E-state index in [1.807, 2.05) is 6.92 Å². The standard InChI is InChI=1S/C13H15N3O4/c1-2-8-3-4-10(16(19)20)6-11(8)15-7-9(13(14)18)5-12(15)17/h3-4,6,9H,2,5,7H2,1H3,(H2,14,18). The van der Waals surface area contributed by atoms with Crippen molar-refractivity contribution in [1.82, 2.24) is 0 Å². The Balaban J connectivity index is 2.40. The number of benzene rings is 1. The highest BCUT2D eigenvalue weighted by atomic mass is 16.6. The second-order valence-corrected chi connectivity index (χ2v) is 4.73. The van der Waals surface area contributed by atoms with E-state index >= 15 is 0 Å². The Hall–Kier alpha value is -2.44. The van der Waals surface area contributed by atoms with E-state index in [4.69, 9.17) is 5.73 Å². The molecule has 2 rings (SSSR count). The number of anilines is 1. The minimum atomic E-state index is -0.536. The molecule has 1 aromatic rings. The Morgan fingerprint density at radius 2 is 2.25 bits per heavy atom. The average Bonchev–Trinajstić information content (AvgIpc) is 2.80. The van der Waals surface area contributed by atoms with Crippen LogP contribution in [-0.4, -0.2) is 23.3 Å². The first-order valence-corrected chi connectivity index (χ1v) is 6.31. The van der Waals surface area contributed by atoms with Crippen molar-refractivity contribution in [2.24, 2.45) is 11.7 Å². The molecule has 0 aromatic heterocycles. The number of amides is 2. The normalized spacial score (nSPS) is 18.4. The zero-order valence-corrected chi connectivity index (χ0v) is 11.0. The molecule has 7 nitrogen and oxygen atoms in total. The second kappa shape index (κ2) is 5.28. The Bertz CT molecular complexity index is 585. The first kappa shape index (κ1) is 14.0. The minimum Gasteiger partial charge on any atom is -0.369 e. The fraction of sp³-hybridized carbons (Fsp3) is 0.385. The highest BCUT2D eigenvalue weighted by Gasteiger charge is 2.35. The number of hydrogen-bond donors (Lipinski definition) is 1. The van der Waals surface area contributed by atoms with Crippen molar-refractivity contribution < 1.29 is 14.5 Å². The lowest BCUT2D eigenvalue weighted by Crippen LogP contribution is -2.29. The SMILES string of the molecule is CCc1ccc([N+](=O)[O-])cc1N1CC(C(N)=O)CC1=O. The van der Waals surface area contributed by atoms with Crippen molar-refractivity contribution >= 4 is 23.2 Å². The van der Waals surface area contributed by atoms with Crippen molar-refractivity contribution in [1.29, 1.82) is 0 Å². The first-order valence-electron chi connectivity index (χ1n) is 6.31. The van der Waals surface area contributed by atoms with Gasteiger partial charge in [-0.05, 0) is 12.0 Å². The third-order valence-corrected chi connectivity index (χ3v) is 3.48. The Kier molecular flexibility index (Phi) is 3.69. The number of rotatable bonds is 4. The topological polar surface area (TPSA) is 107 Å². The number of carbonyl (C=O) groups excluding carboxylic acids is 2. The van der Waals surface area contributed by atoms with Gasteiger partial charge in [0, 0.05) is 25.1 Å². The van der Waals surface area contributed by atoms with Crippen molar-refractivity contribution in [3.05, 3.63) is 33.9 Å². The van der Waals surface area contributed by atoms with Crippen LogP contribution >= 0.6 is 0 Å². The van der Waals surface area contributed by atoms with Gasteiger partial charge >= 0.3 is 0 Å². The van der Waals surface area contributed by atoms with Crippen molar-refractivity contribution in [3.63, 3.8) is 0 Å². The zero-order valence-electron chi connectivity index (χ0n) is 11.0. The summed E-state index contributed by atoms with van der Waals surface area (Å²) in [6.45, 7) is 2.08. The molecule has 7 heteroatoms. The fourth-order valence-corrected chi connectivity index (χ4v) is 2.35. The Morgan fingerprint density at radius 3 is 2.75 bits per heavy atom. The maximum atomic E-state index is 12.0. The number of carbonyl (C=O) groups is 2. The van der Waals surface area contributed by atoms with E-state index < -0.39 is 16.7 Å². The van der Waals surface area contributed by atoms with Gasteiger partial charge in [-0.25, -0.2) is 0 Å².